The number of furan rings is 1. The summed E-state index contributed by atoms with van der Waals surface area (Å²) in [6.07, 6.45) is 4.37. The fourth-order valence-corrected chi connectivity index (χ4v) is 3.13. The summed E-state index contributed by atoms with van der Waals surface area (Å²) >= 11 is 0. The SMILES string of the molecule is CN(C)C(=O)CN(C)C(=O)/C=C/c1ccc(S(=O)(=O)NCc2ccco2)cc1. The number of sulfonamides is 1. The zero-order chi connectivity index (χ0) is 20.7. The van der Waals surface area contributed by atoms with E-state index in [1.165, 1.54) is 41.3 Å². The lowest BCUT2D eigenvalue weighted by atomic mass is 10.2. The van der Waals surface area contributed by atoms with Crippen LogP contribution in [0.3, 0.4) is 0 Å². The zero-order valence-corrected chi connectivity index (χ0v) is 16.8. The van der Waals surface area contributed by atoms with Crippen LogP contribution in [0.15, 0.2) is 58.1 Å². The molecule has 2 aromatic rings. The number of carbonyl (C=O) groups is 2. The van der Waals surface area contributed by atoms with Crippen molar-refractivity contribution in [2.24, 2.45) is 0 Å². The fraction of sp³-hybridized carbons (Fsp3) is 0.263. The quantitative estimate of drug-likeness (QED) is 0.668. The van der Waals surface area contributed by atoms with Crippen molar-refractivity contribution in [3.63, 3.8) is 0 Å². The lowest BCUT2D eigenvalue weighted by Crippen LogP contribution is -2.36. The number of nitrogens with zero attached hydrogens (tertiary/aromatic N) is 2. The molecular weight excluding hydrogens is 382 g/mol. The van der Waals surface area contributed by atoms with Crippen molar-refractivity contribution in [2.75, 3.05) is 27.7 Å². The second-order valence-electron chi connectivity index (χ2n) is 6.29. The Labute approximate surface area is 164 Å². The molecule has 1 N–H and O–H groups in total. The van der Waals surface area contributed by atoms with Crippen LogP contribution in [0.1, 0.15) is 11.3 Å². The number of rotatable bonds is 8. The number of carbonyl (C=O) groups excluding carboxylic acids is 2. The Balaban J connectivity index is 1.96. The predicted octanol–water partition coefficient (Wildman–Crippen LogP) is 1.32. The summed E-state index contributed by atoms with van der Waals surface area (Å²) in [4.78, 5) is 26.5. The maximum atomic E-state index is 12.3. The molecule has 1 aromatic carbocycles. The van der Waals surface area contributed by atoms with Gasteiger partial charge in [-0.1, -0.05) is 12.1 Å². The summed E-state index contributed by atoms with van der Waals surface area (Å²) in [6.45, 7) is 0.0399. The van der Waals surface area contributed by atoms with Gasteiger partial charge in [0.15, 0.2) is 0 Å². The molecule has 2 rings (SSSR count). The van der Waals surface area contributed by atoms with Crippen LogP contribution < -0.4 is 4.72 Å². The second kappa shape index (κ2) is 9.34. The van der Waals surface area contributed by atoms with Gasteiger partial charge in [-0.25, -0.2) is 13.1 Å². The van der Waals surface area contributed by atoms with Gasteiger partial charge in [-0.05, 0) is 35.9 Å². The van der Waals surface area contributed by atoms with E-state index in [1.54, 1.807) is 44.4 Å². The standard InChI is InChI=1S/C19H23N3O5S/c1-21(2)19(24)14-22(3)18(23)11-8-15-6-9-17(10-7-15)28(25,26)20-13-16-5-4-12-27-16/h4-12,20H,13-14H2,1-3H3/b11-8+. The van der Waals surface area contributed by atoms with Crippen molar-refractivity contribution in [3.05, 3.63) is 60.1 Å². The molecule has 0 saturated carbocycles. The Morgan fingerprint density at radius 2 is 1.79 bits per heavy atom. The highest BCUT2D eigenvalue weighted by atomic mass is 32.2. The number of hydrogen-bond donors (Lipinski definition) is 1. The highest BCUT2D eigenvalue weighted by molar-refractivity contribution is 7.89. The molecule has 2 amide bonds. The van der Waals surface area contributed by atoms with Crippen molar-refractivity contribution in [3.8, 4) is 0 Å². The van der Waals surface area contributed by atoms with Gasteiger partial charge < -0.3 is 14.2 Å². The maximum Gasteiger partial charge on any atom is 0.246 e. The van der Waals surface area contributed by atoms with E-state index in [9.17, 15) is 18.0 Å². The molecule has 0 fully saturated rings. The number of amides is 2. The minimum absolute atomic E-state index is 0.0192. The van der Waals surface area contributed by atoms with Crippen molar-refractivity contribution >= 4 is 27.9 Å². The van der Waals surface area contributed by atoms with Crippen molar-refractivity contribution in [1.29, 1.82) is 0 Å². The molecule has 0 unspecified atom stereocenters. The Morgan fingerprint density at radius 3 is 2.36 bits per heavy atom. The van der Waals surface area contributed by atoms with E-state index in [0.717, 1.165) is 0 Å². The van der Waals surface area contributed by atoms with E-state index in [2.05, 4.69) is 4.72 Å². The summed E-state index contributed by atoms with van der Waals surface area (Å²) < 4.78 is 32.1. The van der Waals surface area contributed by atoms with Crippen molar-refractivity contribution in [2.45, 2.75) is 11.4 Å². The first-order chi connectivity index (χ1) is 13.2. The van der Waals surface area contributed by atoms with Gasteiger partial charge in [0, 0.05) is 27.2 Å². The van der Waals surface area contributed by atoms with E-state index in [4.69, 9.17) is 4.42 Å². The molecule has 0 radical (unpaired) electrons. The Hall–Kier alpha value is -2.91. The average molecular weight is 405 g/mol. The Morgan fingerprint density at radius 1 is 1.11 bits per heavy atom. The first kappa shape index (κ1) is 21.4. The highest BCUT2D eigenvalue weighted by Gasteiger charge is 2.14. The largest absolute Gasteiger partial charge is 0.468 e. The third-order valence-corrected chi connectivity index (χ3v) is 5.29. The first-order valence-corrected chi connectivity index (χ1v) is 9.93. The van der Waals surface area contributed by atoms with Crippen LogP contribution in [0.4, 0.5) is 0 Å². The van der Waals surface area contributed by atoms with Gasteiger partial charge in [-0.3, -0.25) is 9.59 Å². The van der Waals surface area contributed by atoms with Gasteiger partial charge in [0.1, 0.15) is 5.76 Å². The molecule has 9 heteroatoms. The van der Waals surface area contributed by atoms with Gasteiger partial charge >= 0.3 is 0 Å². The molecule has 0 spiro atoms. The van der Waals surface area contributed by atoms with Crippen LogP contribution >= 0.6 is 0 Å². The molecule has 0 aliphatic heterocycles. The van der Waals surface area contributed by atoms with E-state index < -0.39 is 10.0 Å². The molecule has 0 saturated heterocycles. The van der Waals surface area contributed by atoms with Gasteiger partial charge in [0.2, 0.25) is 21.8 Å². The van der Waals surface area contributed by atoms with Crippen LogP contribution in [-0.2, 0) is 26.2 Å². The third kappa shape index (κ3) is 6.07. The first-order valence-electron chi connectivity index (χ1n) is 8.44. The van der Waals surface area contributed by atoms with E-state index in [1.807, 2.05) is 0 Å². The van der Waals surface area contributed by atoms with E-state index >= 15 is 0 Å². The number of likely N-dealkylation sites (N-methyl/N-ethyl adjacent to an activating group) is 2. The van der Waals surface area contributed by atoms with Crippen LogP contribution in [-0.4, -0.2) is 57.7 Å². The molecule has 150 valence electrons. The topological polar surface area (TPSA) is 99.9 Å². The van der Waals surface area contributed by atoms with Crippen molar-refractivity contribution in [1.82, 2.24) is 14.5 Å². The molecule has 1 aromatic heterocycles. The van der Waals surface area contributed by atoms with Gasteiger partial charge in [0.05, 0.1) is 24.2 Å². The third-order valence-electron chi connectivity index (χ3n) is 3.87. The summed E-state index contributed by atoms with van der Waals surface area (Å²) in [7, 11) is 1.11. The lowest BCUT2D eigenvalue weighted by Gasteiger charge is -2.17. The summed E-state index contributed by atoms with van der Waals surface area (Å²) in [6, 6.07) is 9.45. The van der Waals surface area contributed by atoms with Crippen LogP contribution in [0.5, 0.6) is 0 Å². The predicted molar refractivity (Wildman–Crippen MR) is 105 cm³/mol. The van der Waals surface area contributed by atoms with E-state index in [0.29, 0.717) is 11.3 Å². The normalized spacial score (nSPS) is 11.5. The van der Waals surface area contributed by atoms with Crippen molar-refractivity contribution < 1.29 is 22.4 Å². The molecule has 0 aliphatic rings. The molecule has 1 heterocycles. The fourth-order valence-electron chi connectivity index (χ4n) is 2.14. The summed E-state index contributed by atoms with van der Waals surface area (Å²) in [5, 5.41) is 0. The monoisotopic (exact) mass is 405 g/mol. The molecule has 0 bridgehead atoms. The maximum absolute atomic E-state index is 12.3. The van der Waals surface area contributed by atoms with Crippen LogP contribution in [0, 0.1) is 0 Å². The highest BCUT2D eigenvalue weighted by Crippen LogP contribution is 2.13. The average Bonchev–Trinajstić information content (AvgIpc) is 3.18. The molecule has 8 nitrogen and oxygen atoms in total. The van der Waals surface area contributed by atoms with Gasteiger partial charge in [0.25, 0.3) is 0 Å². The Kier molecular flexibility index (Phi) is 7.13. The minimum Gasteiger partial charge on any atom is -0.468 e. The Bertz CT molecular complexity index is 932. The number of nitrogens with one attached hydrogen (secondary N) is 1. The van der Waals surface area contributed by atoms with E-state index in [-0.39, 0.29) is 29.8 Å². The molecular formula is C19H23N3O5S. The number of benzene rings is 1. The summed E-state index contributed by atoms with van der Waals surface area (Å²) in [5.74, 6) is 0.00591. The second-order valence-corrected chi connectivity index (χ2v) is 8.06. The lowest BCUT2D eigenvalue weighted by molar-refractivity contribution is -0.135. The zero-order valence-electron chi connectivity index (χ0n) is 16.0. The minimum atomic E-state index is -3.67. The molecule has 28 heavy (non-hydrogen) atoms. The van der Waals surface area contributed by atoms with Crippen LogP contribution in [0.25, 0.3) is 6.08 Å². The smallest absolute Gasteiger partial charge is 0.246 e. The summed E-state index contributed by atoms with van der Waals surface area (Å²) in [5.41, 5.74) is 0.658. The van der Waals surface area contributed by atoms with Gasteiger partial charge in [-0.2, -0.15) is 0 Å². The van der Waals surface area contributed by atoms with Crippen LogP contribution in [0.2, 0.25) is 0 Å². The number of hydrogen-bond acceptors (Lipinski definition) is 5. The molecule has 0 aliphatic carbocycles. The van der Waals surface area contributed by atoms with Gasteiger partial charge in [-0.15, -0.1) is 0 Å². The molecule has 0 atom stereocenters.